The van der Waals surface area contributed by atoms with E-state index < -0.39 is 0 Å². The number of rotatable bonds is 2. The predicted octanol–water partition coefficient (Wildman–Crippen LogP) is 2.00. The Morgan fingerprint density at radius 3 is 2.93 bits per heavy atom. The van der Waals surface area contributed by atoms with Crippen molar-refractivity contribution in [2.45, 2.75) is 19.4 Å². The summed E-state index contributed by atoms with van der Waals surface area (Å²) in [5, 5.41) is 0. The number of benzene rings is 1. The van der Waals surface area contributed by atoms with Crippen LogP contribution in [-0.2, 0) is 6.54 Å². The van der Waals surface area contributed by atoms with Crippen LogP contribution in [0.1, 0.15) is 12.8 Å². The summed E-state index contributed by atoms with van der Waals surface area (Å²) in [4.78, 5) is 11.5. The number of para-hydroxylation sites is 2. The Labute approximate surface area is 81.0 Å². The molecule has 14 heavy (non-hydrogen) atoms. The number of oxazole rings is 1. The van der Waals surface area contributed by atoms with Gasteiger partial charge in [0.15, 0.2) is 5.58 Å². The number of nitrogens with zero attached hydrogens (tertiary/aromatic N) is 1. The molecule has 0 aliphatic heterocycles. The SMILES string of the molecule is O=c1oc2ccccc2n1CC1CC1. The third-order valence-corrected chi connectivity index (χ3v) is 2.71. The highest BCUT2D eigenvalue weighted by atomic mass is 16.4. The second-order valence-electron chi connectivity index (χ2n) is 3.89. The third-order valence-electron chi connectivity index (χ3n) is 2.71. The molecule has 0 spiro atoms. The first-order valence-electron chi connectivity index (χ1n) is 4.93. The van der Waals surface area contributed by atoms with Crippen molar-refractivity contribution in [1.29, 1.82) is 0 Å². The first kappa shape index (κ1) is 7.85. The Hall–Kier alpha value is -1.51. The zero-order valence-corrected chi connectivity index (χ0v) is 7.77. The molecule has 1 saturated carbocycles. The number of hydrogen-bond donors (Lipinski definition) is 0. The predicted molar refractivity (Wildman–Crippen MR) is 53.2 cm³/mol. The maximum absolute atomic E-state index is 11.5. The molecule has 0 saturated heterocycles. The molecule has 0 N–H and O–H groups in total. The maximum Gasteiger partial charge on any atom is 0.419 e. The standard InChI is InChI=1S/C11H11NO2/c13-11-12(7-8-5-6-8)9-3-1-2-4-10(9)14-11/h1-4,8H,5-7H2. The molecule has 0 atom stereocenters. The van der Waals surface area contributed by atoms with Crippen molar-refractivity contribution in [3.8, 4) is 0 Å². The van der Waals surface area contributed by atoms with Gasteiger partial charge in [-0.3, -0.25) is 4.57 Å². The Bertz CT molecular complexity index is 519. The fraction of sp³-hybridized carbons (Fsp3) is 0.364. The van der Waals surface area contributed by atoms with Crippen molar-refractivity contribution in [3.05, 3.63) is 34.8 Å². The van der Waals surface area contributed by atoms with Crippen molar-refractivity contribution in [2.24, 2.45) is 5.92 Å². The summed E-state index contributed by atoms with van der Waals surface area (Å²) in [7, 11) is 0. The topological polar surface area (TPSA) is 35.1 Å². The van der Waals surface area contributed by atoms with Gasteiger partial charge < -0.3 is 4.42 Å². The second-order valence-corrected chi connectivity index (χ2v) is 3.89. The second kappa shape index (κ2) is 2.74. The number of fused-ring (bicyclic) bond motifs is 1. The Kier molecular flexibility index (Phi) is 1.54. The van der Waals surface area contributed by atoms with E-state index in [4.69, 9.17) is 4.42 Å². The van der Waals surface area contributed by atoms with E-state index in [1.807, 2.05) is 24.3 Å². The summed E-state index contributed by atoms with van der Waals surface area (Å²) >= 11 is 0. The van der Waals surface area contributed by atoms with Crippen molar-refractivity contribution >= 4 is 11.1 Å². The van der Waals surface area contributed by atoms with Crippen molar-refractivity contribution < 1.29 is 4.42 Å². The normalized spacial score (nSPS) is 16.3. The Balaban J connectivity index is 2.18. The molecule has 0 radical (unpaired) electrons. The van der Waals surface area contributed by atoms with Crippen molar-refractivity contribution in [2.75, 3.05) is 0 Å². The quantitative estimate of drug-likeness (QED) is 0.724. The van der Waals surface area contributed by atoms with Crippen molar-refractivity contribution in [3.63, 3.8) is 0 Å². The molecule has 1 aromatic heterocycles. The molecule has 1 aromatic carbocycles. The zero-order chi connectivity index (χ0) is 9.54. The van der Waals surface area contributed by atoms with E-state index in [0.29, 0.717) is 11.5 Å². The number of hydrogen-bond acceptors (Lipinski definition) is 2. The highest BCUT2D eigenvalue weighted by molar-refractivity contribution is 5.72. The fourth-order valence-corrected chi connectivity index (χ4v) is 1.75. The van der Waals surface area contributed by atoms with E-state index in [-0.39, 0.29) is 5.76 Å². The summed E-state index contributed by atoms with van der Waals surface area (Å²) in [5.74, 6) is 0.465. The molecule has 1 aliphatic rings. The van der Waals surface area contributed by atoms with Crippen LogP contribution >= 0.6 is 0 Å². The molecule has 1 aliphatic carbocycles. The van der Waals surface area contributed by atoms with Gasteiger partial charge in [0.1, 0.15) is 0 Å². The average Bonchev–Trinajstić information content (AvgIpc) is 2.93. The number of aromatic nitrogens is 1. The van der Waals surface area contributed by atoms with Gasteiger partial charge in [0, 0.05) is 6.54 Å². The van der Waals surface area contributed by atoms with Crippen LogP contribution in [0, 0.1) is 5.92 Å². The molecule has 2 aromatic rings. The molecule has 1 heterocycles. The molecule has 0 unspecified atom stereocenters. The van der Waals surface area contributed by atoms with Crippen LogP contribution in [0.15, 0.2) is 33.5 Å². The monoisotopic (exact) mass is 189 g/mol. The summed E-state index contributed by atoms with van der Waals surface area (Å²) in [6, 6.07) is 7.58. The Morgan fingerprint density at radius 1 is 1.36 bits per heavy atom. The smallest absolute Gasteiger partial charge is 0.408 e. The molecule has 0 amide bonds. The fourth-order valence-electron chi connectivity index (χ4n) is 1.75. The van der Waals surface area contributed by atoms with Crippen LogP contribution in [-0.4, -0.2) is 4.57 Å². The summed E-state index contributed by atoms with van der Waals surface area (Å²) < 4.78 is 6.88. The summed E-state index contributed by atoms with van der Waals surface area (Å²) in [6.45, 7) is 0.815. The van der Waals surface area contributed by atoms with E-state index in [2.05, 4.69) is 0 Å². The van der Waals surface area contributed by atoms with Gasteiger partial charge in [0.25, 0.3) is 0 Å². The molecular weight excluding hydrogens is 178 g/mol. The molecule has 0 bridgehead atoms. The highest BCUT2D eigenvalue weighted by Gasteiger charge is 2.23. The van der Waals surface area contributed by atoms with Crippen LogP contribution in [0.3, 0.4) is 0 Å². The van der Waals surface area contributed by atoms with Gasteiger partial charge in [-0.05, 0) is 30.9 Å². The van der Waals surface area contributed by atoms with Crippen LogP contribution in [0.4, 0.5) is 0 Å². The van der Waals surface area contributed by atoms with Gasteiger partial charge in [-0.1, -0.05) is 12.1 Å². The molecule has 3 heteroatoms. The van der Waals surface area contributed by atoms with Gasteiger partial charge >= 0.3 is 5.76 Å². The van der Waals surface area contributed by atoms with Gasteiger partial charge in [-0.2, -0.15) is 0 Å². The average molecular weight is 189 g/mol. The minimum Gasteiger partial charge on any atom is -0.408 e. The molecular formula is C11H11NO2. The lowest BCUT2D eigenvalue weighted by atomic mass is 10.3. The van der Waals surface area contributed by atoms with Crippen LogP contribution in [0.5, 0.6) is 0 Å². The highest BCUT2D eigenvalue weighted by Crippen LogP contribution is 2.31. The molecule has 1 fully saturated rings. The van der Waals surface area contributed by atoms with Crippen LogP contribution in [0.25, 0.3) is 11.1 Å². The minimum absolute atomic E-state index is 0.224. The first-order chi connectivity index (χ1) is 6.84. The largest absolute Gasteiger partial charge is 0.419 e. The zero-order valence-electron chi connectivity index (χ0n) is 7.77. The summed E-state index contributed by atoms with van der Waals surface area (Å²) in [5.41, 5.74) is 1.61. The maximum atomic E-state index is 11.5. The first-order valence-corrected chi connectivity index (χ1v) is 4.93. The van der Waals surface area contributed by atoms with Gasteiger partial charge in [-0.25, -0.2) is 4.79 Å². The van der Waals surface area contributed by atoms with E-state index in [0.717, 1.165) is 12.1 Å². The molecule has 3 nitrogen and oxygen atoms in total. The van der Waals surface area contributed by atoms with Crippen LogP contribution < -0.4 is 5.76 Å². The minimum atomic E-state index is -0.224. The molecule has 72 valence electrons. The van der Waals surface area contributed by atoms with Crippen LogP contribution in [0.2, 0.25) is 0 Å². The lowest BCUT2D eigenvalue weighted by Crippen LogP contribution is -2.14. The van der Waals surface area contributed by atoms with E-state index in [1.165, 1.54) is 12.8 Å². The van der Waals surface area contributed by atoms with E-state index in [1.54, 1.807) is 4.57 Å². The Morgan fingerprint density at radius 2 is 2.14 bits per heavy atom. The third kappa shape index (κ3) is 1.16. The van der Waals surface area contributed by atoms with Gasteiger partial charge in [0.2, 0.25) is 0 Å². The lowest BCUT2D eigenvalue weighted by molar-refractivity contribution is 0.492. The van der Waals surface area contributed by atoms with Crippen molar-refractivity contribution in [1.82, 2.24) is 4.57 Å². The van der Waals surface area contributed by atoms with Gasteiger partial charge in [-0.15, -0.1) is 0 Å². The van der Waals surface area contributed by atoms with Gasteiger partial charge in [0.05, 0.1) is 5.52 Å². The lowest BCUT2D eigenvalue weighted by Gasteiger charge is -1.98. The molecule has 3 rings (SSSR count). The summed E-state index contributed by atoms with van der Waals surface area (Å²) in [6.07, 6.45) is 2.48. The van der Waals surface area contributed by atoms with E-state index in [9.17, 15) is 4.79 Å². The van der Waals surface area contributed by atoms with E-state index >= 15 is 0 Å².